The highest BCUT2D eigenvalue weighted by atomic mass is 35.5. The van der Waals surface area contributed by atoms with Crippen LogP contribution in [0.4, 0.5) is 10.1 Å². The van der Waals surface area contributed by atoms with Crippen LogP contribution in [0, 0.1) is 5.82 Å². The molecule has 0 aliphatic carbocycles. The summed E-state index contributed by atoms with van der Waals surface area (Å²) in [6.07, 6.45) is 0.830. The van der Waals surface area contributed by atoms with E-state index in [1.807, 2.05) is 43.3 Å². The molecule has 1 aliphatic heterocycles. The number of hydrogen-bond donors (Lipinski definition) is 1. The number of benzene rings is 3. The SMILES string of the molecule is CCc1ccc(/C(O)=C2\C(=O)C(=O)N(c3ccc(F)c(Cl)c3)C2c2ccc(C(C)(C)C)cc2)cc1. The van der Waals surface area contributed by atoms with Crippen LogP contribution < -0.4 is 4.90 Å². The van der Waals surface area contributed by atoms with Gasteiger partial charge in [-0.05, 0) is 46.7 Å². The first-order valence-corrected chi connectivity index (χ1v) is 11.9. The van der Waals surface area contributed by atoms with Crippen LogP contribution in [-0.2, 0) is 21.4 Å². The Kier molecular flexibility index (Phi) is 6.56. The molecule has 3 aromatic carbocycles. The van der Waals surface area contributed by atoms with Crippen LogP contribution in [0.15, 0.2) is 72.3 Å². The Bertz CT molecular complexity index is 1320. The zero-order chi connectivity index (χ0) is 25.5. The fraction of sp³-hybridized carbons (Fsp3) is 0.241. The number of hydrogen-bond acceptors (Lipinski definition) is 3. The summed E-state index contributed by atoms with van der Waals surface area (Å²) >= 11 is 6.01. The number of amides is 1. The summed E-state index contributed by atoms with van der Waals surface area (Å²) in [5.74, 6) is -2.52. The van der Waals surface area contributed by atoms with Crippen molar-refractivity contribution < 1.29 is 19.1 Å². The normalized spacial score (nSPS) is 17.8. The molecule has 1 atom stereocenters. The Morgan fingerprint density at radius 1 is 1.00 bits per heavy atom. The fourth-order valence-corrected chi connectivity index (χ4v) is 4.44. The number of rotatable bonds is 4. The summed E-state index contributed by atoms with van der Waals surface area (Å²) < 4.78 is 13.9. The van der Waals surface area contributed by atoms with E-state index < -0.39 is 23.5 Å². The maximum absolute atomic E-state index is 13.9. The number of anilines is 1. The van der Waals surface area contributed by atoms with Crippen molar-refractivity contribution in [2.75, 3.05) is 4.90 Å². The molecule has 1 aliphatic rings. The van der Waals surface area contributed by atoms with Gasteiger partial charge in [-0.15, -0.1) is 0 Å². The third-order valence-corrected chi connectivity index (χ3v) is 6.64. The van der Waals surface area contributed by atoms with Crippen molar-refractivity contribution >= 4 is 34.7 Å². The molecular formula is C29H27ClFNO3. The standard InChI is InChI=1S/C29H27ClFNO3/c1-5-17-6-8-19(9-7-17)26(33)24-25(18-10-12-20(13-11-18)29(2,3)4)32(28(35)27(24)34)21-14-15-23(31)22(30)16-21/h6-16,25,33H,5H2,1-4H3/b26-24+. The molecule has 0 radical (unpaired) electrons. The lowest BCUT2D eigenvalue weighted by Crippen LogP contribution is -2.29. The highest BCUT2D eigenvalue weighted by Gasteiger charge is 2.47. The molecule has 180 valence electrons. The number of halogens is 2. The quantitative estimate of drug-likeness (QED) is 0.243. The molecule has 1 fully saturated rings. The van der Waals surface area contributed by atoms with Crippen molar-refractivity contribution in [3.63, 3.8) is 0 Å². The molecule has 1 heterocycles. The second kappa shape index (κ2) is 9.31. The molecule has 1 unspecified atom stereocenters. The van der Waals surface area contributed by atoms with Gasteiger partial charge < -0.3 is 5.11 Å². The van der Waals surface area contributed by atoms with E-state index >= 15 is 0 Å². The molecule has 1 saturated heterocycles. The molecule has 0 bridgehead atoms. The molecule has 4 nitrogen and oxygen atoms in total. The summed E-state index contributed by atoms with van der Waals surface area (Å²) in [7, 11) is 0. The molecular weight excluding hydrogens is 465 g/mol. The average molecular weight is 492 g/mol. The van der Waals surface area contributed by atoms with Crippen molar-refractivity contribution in [1.82, 2.24) is 0 Å². The van der Waals surface area contributed by atoms with Crippen LogP contribution >= 0.6 is 11.6 Å². The first kappa shape index (κ1) is 24.7. The van der Waals surface area contributed by atoms with Gasteiger partial charge in [-0.3, -0.25) is 14.5 Å². The van der Waals surface area contributed by atoms with Gasteiger partial charge in [0.1, 0.15) is 11.6 Å². The number of Topliss-reactive ketones (excluding diaryl/α,β-unsaturated/α-hetero) is 1. The zero-order valence-corrected chi connectivity index (χ0v) is 20.9. The summed E-state index contributed by atoms with van der Waals surface area (Å²) in [6.45, 7) is 8.30. The number of nitrogens with zero attached hydrogens (tertiary/aromatic N) is 1. The highest BCUT2D eigenvalue weighted by molar-refractivity contribution is 6.51. The molecule has 4 rings (SSSR count). The predicted octanol–water partition coefficient (Wildman–Crippen LogP) is 6.97. The minimum atomic E-state index is -0.906. The molecule has 0 aromatic heterocycles. The van der Waals surface area contributed by atoms with Gasteiger partial charge in [0.25, 0.3) is 11.7 Å². The monoisotopic (exact) mass is 491 g/mol. The molecule has 35 heavy (non-hydrogen) atoms. The molecule has 3 aromatic rings. The van der Waals surface area contributed by atoms with Crippen LogP contribution in [0.25, 0.3) is 5.76 Å². The number of carbonyl (C=O) groups is 2. The summed E-state index contributed by atoms with van der Waals surface area (Å²) in [4.78, 5) is 27.8. The first-order valence-electron chi connectivity index (χ1n) is 11.5. The van der Waals surface area contributed by atoms with Crippen molar-refractivity contribution in [3.05, 3.63) is 105 Å². The lowest BCUT2D eigenvalue weighted by atomic mass is 9.85. The smallest absolute Gasteiger partial charge is 0.300 e. The Labute approximate surface area is 209 Å². The van der Waals surface area contributed by atoms with E-state index in [1.165, 1.54) is 17.0 Å². The van der Waals surface area contributed by atoms with Crippen LogP contribution in [0.2, 0.25) is 5.02 Å². The Morgan fingerprint density at radius 2 is 1.63 bits per heavy atom. The molecule has 1 amide bonds. The molecule has 0 saturated carbocycles. The maximum Gasteiger partial charge on any atom is 0.300 e. The van der Waals surface area contributed by atoms with Crippen LogP contribution in [0.1, 0.15) is 56.0 Å². The minimum absolute atomic E-state index is 0.0248. The van der Waals surface area contributed by atoms with Crippen LogP contribution in [-0.4, -0.2) is 16.8 Å². The lowest BCUT2D eigenvalue weighted by Gasteiger charge is -2.27. The van der Waals surface area contributed by atoms with Crippen molar-refractivity contribution in [2.45, 2.75) is 45.6 Å². The van der Waals surface area contributed by atoms with E-state index in [0.717, 1.165) is 23.6 Å². The second-order valence-electron chi connectivity index (χ2n) is 9.69. The van der Waals surface area contributed by atoms with E-state index in [4.69, 9.17) is 11.6 Å². The van der Waals surface area contributed by atoms with Gasteiger partial charge in [0.05, 0.1) is 16.6 Å². The van der Waals surface area contributed by atoms with Gasteiger partial charge in [-0.1, -0.05) is 87.8 Å². The Balaban J connectivity index is 1.92. The second-order valence-corrected chi connectivity index (χ2v) is 10.1. The summed E-state index contributed by atoms with van der Waals surface area (Å²) in [5, 5.41) is 11.1. The van der Waals surface area contributed by atoms with Gasteiger partial charge in [0.2, 0.25) is 0 Å². The summed E-state index contributed by atoms with van der Waals surface area (Å²) in [6, 6.07) is 17.8. The average Bonchev–Trinajstić information content (AvgIpc) is 3.10. The van der Waals surface area contributed by atoms with Gasteiger partial charge in [-0.2, -0.15) is 0 Å². The molecule has 1 N–H and O–H groups in total. The fourth-order valence-electron chi connectivity index (χ4n) is 4.27. The Morgan fingerprint density at radius 3 is 2.17 bits per heavy atom. The number of ketones is 1. The van der Waals surface area contributed by atoms with Gasteiger partial charge >= 0.3 is 0 Å². The van der Waals surface area contributed by atoms with E-state index in [9.17, 15) is 19.1 Å². The third-order valence-electron chi connectivity index (χ3n) is 6.35. The first-order chi connectivity index (χ1) is 16.5. The molecule has 0 spiro atoms. The van der Waals surface area contributed by atoms with Crippen LogP contribution in [0.3, 0.4) is 0 Å². The maximum atomic E-state index is 13.9. The highest BCUT2D eigenvalue weighted by Crippen LogP contribution is 2.43. The minimum Gasteiger partial charge on any atom is -0.507 e. The Hall–Kier alpha value is -3.44. The van der Waals surface area contributed by atoms with E-state index in [1.54, 1.807) is 12.1 Å². The number of carbonyl (C=O) groups excluding carboxylic acids is 2. The van der Waals surface area contributed by atoms with Crippen molar-refractivity contribution in [1.29, 1.82) is 0 Å². The van der Waals surface area contributed by atoms with Gasteiger partial charge in [-0.25, -0.2) is 4.39 Å². The third kappa shape index (κ3) is 4.61. The lowest BCUT2D eigenvalue weighted by molar-refractivity contribution is -0.132. The van der Waals surface area contributed by atoms with Crippen molar-refractivity contribution in [2.24, 2.45) is 0 Å². The topological polar surface area (TPSA) is 57.6 Å². The number of aliphatic hydroxyl groups is 1. The predicted molar refractivity (Wildman–Crippen MR) is 137 cm³/mol. The van der Waals surface area contributed by atoms with E-state index in [2.05, 4.69) is 20.8 Å². The largest absolute Gasteiger partial charge is 0.507 e. The van der Waals surface area contributed by atoms with Crippen LogP contribution in [0.5, 0.6) is 0 Å². The van der Waals surface area contributed by atoms with Crippen molar-refractivity contribution in [3.8, 4) is 0 Å². The van der Waals surface area contributed by atoms with Gasteiger partial charge in [0.15, 0.2) is 0 Å². The van der Waals surface area contributed by atoms with E-state index in [0.29, 0.717) is 11.1 Å². The molecule has 6 heteroatoms. The van der Waals surface area contributed by atoms with Gasteiger partial charge in [0, 0.05) is 11.3 Å². The zero-order valence-electron chi connectivity index (χ0n) is 20.1. The summed E-state index contributed by atoms with van der Waals surface area (Å²) in [5.41, 5.74) is 3.40. The van der Waals surface area contributed by atoms with E-state index in [-0.39, 0.29) is 27.5 Å². The number of aryl methyl sites for hydroxylation is 1. The number of aliphatic hydroxyl groups excluding tert-OH is 1.